The highest BCUT2D eigenvalue weighted by Crippen LogP contribution is 2.66. The van der Waals surface area contributed by atoms with Crippen LogP contribution < -0.4 is 39.0 Å². The summed E-state index contributed by atoms with van der Waals surface area (Å²) in [4.78, 5) is 33.5. The maximum atomic E-state index is 13.6. The molecule has 0 radical (unpaired) electrons. The maximum absolute atomic E-state index is 13.6. The lowest BCUT2D eigenvalue weighted by atomic mass is 9.78. The SMILES string of the molecule is CCn1c(=C(C#N)C#N)s/c(=C\c2cc3c(s2)-c2sc4c5c(sc4c2OC32CCCCC2)-c2sc(/C=c3\sc(=C(C#N)C#N)n(CC)c3=O)cc2C2(CCCCC2)O5)c1=O. The number of thiazole rings is 2. The van der Waals surface area contributed by atoms with Gasteiger partial charge in [0.1, 0.15) is 44.8 Å². The van der Waals surface area contributed by atoms with Crippen molar-refractivity contribution in [2.24, 2.45) is 0 Å². The Bertz CT molecular complexity index is 3120. The highest BCUT2D eigenvalue weighted by molar-refractivity contribution is 7.35. The smallest absolute Gasteiger partial charge is 0.269 e. The molecule has 2 aliphatic carbocycles. The van der Waals surface area contributed by atoms with Gasteiger partial charge in [-0.05, 0) is 89.5 Å². The lowest BCUT2D eigenvalue weighted by molar-refractivity contribution is 0.0258. The number of nitriles is 4. The first-order valence-corrected chi connectivity index (χ1v) is 24.9. The van der Waals surface area contributed by atoms with E-state index in [9.17, 15) is 30.6 Å². The molecule has 2 aliphatic heterocycles. The molecule has 8 heterocycles. The van der Waals surface area contributed by atoms with Crippen molar-refractivity contribution in [1.82, 2.24) is 9.13 Å². The number of hydrogen-bond acceptors (Lipinski definition) is 14. The van der Waals surface area contributed by atoms with Crippen LogP contribution in [0.3, 0.4) is 0 Å². The standard InChI is InChI=1S/C44H34N6O4S6/c1-3-49-39(51)29(57-41(49)23(19-45)20-46)17-25-15-27-33(55-25)35-31(53-43(27)11-7-5-8-12-43)37-38(59-35)32-36(60-37)34-28(44(54-32)13-9-6-10-14-44)16-26(56-34)18-30-40(52)50(4-2)42(58-30)24(21-47)22-48/h15-18H,3-14H2,1-2H3/b29-17-,30-18-. The second-order valence-corrected chi connectivity index (χ2v) is 21.7. The van der Waals surface area contributed by atoms with Gasteiger partial charge in [0.15, 0.2) is 22.6 Å². The number of nitrogens with zero attached hydrogens (tertiary/aromatic N) is 6. The minimum absolute atomic E-state index is 0.0604. The number of rotatable bonds is 4. The molecule has 6 aromatic rings. The molecule has 2 fully saturated rings. The van der Waals surface area contributed by atoms with Crippen LogP contribution in [0.2, 0.25) is 0 Å². The van der Waals surface area contributed by atoms with Crippen molar-refractivity contribution < 1.29 is 9.47 Å². The van der Waals surface area contributed by atoms with Gasteiger partial charge in [0.05, 0.1) is 38.0 Å². The Morgan fingerprint density at radius 1 is 0.600 bits per heavy atom. The van der Waals surface area contributed by atoms with Crippen molar-refractivity contribution in [3.8, 4) is 55.3 Å². The Labute approximate surface area is 367 Å². The molecule has 0 bridgehead atoms. The number of thiophene rings is 4. The van der Waals surface area contributed by atoms with Crippen molar-refractivity contribution in [2.45, 2.75) is 102 Å². The molecule has 0 saturated heterocycles. The number of hydrogen-bond donors (Lipinski definition) is 0. The maximum Gasteiger partial charge on any atom is 0.269 e. The number of fused-ring (bicyclic) bond motifs is 11. The molecule has 60 heavy (non-hydrogen) atoms. The minimum atomic E-state index is -0.491. The van der Waals surface area contributed by atoms with Crippen molar-refractivity contribution in [3.05, 3.63) is 72.1 Å². The Morgan fingerprint density at radius 3 is 1.33 bits per heavy atom. The van der Waals surface area contributed by atoms with Crippen LogP contribution in [0.15, 0.2) is 21.7 Å². The molecule has 0 N–H and O–H groups in total. The molecule has 0 atom stereocenters. The van der Waals surface area contributed by atoms with Crippen LogP contribution in [0.5, 0.6) is 11.5 Å². The van der Waals surface area contributed by atoms with Gasteiger partial charge in [-0.15, -0.1) is 68.0 Å². The fourth-order valence-electron chi connectivity index (χ4n) is 9.33. The summed E-state index contributed by atoms with van der Waals surface area (Å²) >= 11 is 9.15. The van der Waals surface area contributed by atoms with Crippen LogP contribution in [0.4, 0.5) is 0 Å². The average molecular weight is 903 g/mol. The van der Waals surface area contributed by atoms with Gasteiger partial charge in [-0.1, -0.05) is 12.8 Å². The van der Waals surface area contributed by atoms with E-state index in [2.05, 4.69) is 12.1 Å². The molecule has 10 nitrogen and oxygen atoms in total. The molecule has 2 saturated carbocycles. The summed E-state index contributed by atoms with van der Waals surface area (Å²) in [5.74, 6) is 1.82. The summed E-state index contributed by atoms with van der Waals surface area (Å²) < 4.78 is 21.6. The van der Waals surface area contributed by atoms with Crippen LogP contribution in [-0.2, 0) is 24.3 Å². The summed E-state index contributed by atoms with van der Waals surface area (Å²) in [5.41, 5.74) is 0.828. The summed E-state index contributed by atoms with van der Waals surface area (Å²) in [6, 6.07) is 12.2. The number of ether oxygens (including phenoxy) is 2. The van der Waals surface area contributed by atoms with E-state index in [1.807, 2.05) is 50.3 Å². The van der Waals surface area contributed by atoms with Gasteiger partial charge < -0.3 is 9.47 Å². The van der Waals surface area contributed by atoms with Gasteiger partial charge in [-0.2, -0.15) is 21.0 Å². The highest BCUT2D eigenvalue weighted by Gasteiger charge is 2.48. The molecule has 2 spiro atoms. The molecular formula is C44H34N6O4S6. The lowest BCUT2D eigenvalue weighted by Crippen LogP contribution is -2.37. The van der Waals surface area contributed by atoms with Crippen LogP contribution in [0.25, 0.3) is 52.2 Å². The Hall–Kier alpha value is -5.04. The third kappa shape index (κ3) is 5.80. The van der Waals surface area contributed by atoms with Gasteiger partial charge in [-0.25, -0.2) is 0 Å². The molecule has 4 aliphatic rings. The summed E-state index contributed by atoms with van der Waals surface area (Å²) in [5, 5.41) is 38.4. The van der Waals surface area contributed by atoms with Gasteiger partial charge >= 0.3 is 0 Å². The first-order valence-electron chi connectivity index (χ1n) is 20.0. The van der Waals surface area contributed by atoms with E-state index >= 15 is 0 Å². The molecular weight excluding hydrogens is 869 g/mol. The highest BCUT2D eigenvalue weighted by atomic mass is 32.1. The Kier molecular flexibility index (Phi) is 9.68. The molecule has 0 amide bonds. The molecule has 0 aromatic carbocycles. The van der Waals surface area contributed by atoms with Crippen molar-refractivity contribution in [2.75, 3.05) is 0 Å². The van der Waals surface area contributed by atoms with Gasteiger partial charge in [-0.3, -0.25) is 18.7 Å². The predicted octanol–water partition coefficient (Wildman–Crippen LogP) is 8.06. The van der Waals surface area contributed by atoms with Gasteiger partial charge in [0.2, 0.25) is 0 Å². The van der Waals surface area contributed by atoms with Gasteiger partial charge in [0.25, 0.3) is 11.1 Å². The van der Waals surface area contributed by atoms with E-state index in [0.717, 1.165) is 105 Å². The van der Waals surface area contributed by atoms with E-state index < -0.39 is 11.2 Å². The molecule has 16 heteroatoms. The molecule has 300 valence electrons. The molecule has 6 aromatic heterocycles. The van der Waals surface area contributed by atoms with Crippen LogP contribution in [0.1, 0.15) is 98.9 Å². The quantitative estimate of drug-likeness (QED) is 0.172. The minimum Gasteiger partial charge on any atom is -0.479 e. The first kappa shape index (κ1) is 39.1. The van der Waals surface area contributed by atoms with Crippen LogP contribution in [-0.4, -0.2) is 9.13 Å². The van der Waals surface area contributed by atoms with E-state index in [1.165, 1.54) is 52.7 Å². The Morgan fingerprint density at radius 2 is 0.983 bits per heavy atom. The predicted molar refractivity (Wildman–Crippen MR) is 241 cm³/mol. The van der Waals surface area contributed by atoms with E-state index in [-0.39, 0.29) is 22.3 Å². The topological polar surface area (TPSA) is 158 Å². The van der Waals surface area contributed by atoms with Crippen LogP contribution in [0, 0.1) is 45.3 Å². The fourth-order valence-corrected chi connectivity index (χ4v) is 17.0. The zero-order valence-electron chi connectivity index (χ0n) is 32.6. The zero-order valence-corrected chi connectivity index (χ0v) is 37.5. The number of aromatic nitrogens is 2. The third-order valence-electron chi connectivity index (χ3n) is 12.1. The summed E-state index contributed by atoms with van der Waals surface area (Å²) in [7, 11) is 0. The van der Waals surface area contributed by atoms with Crippen molar-refractivity contribution >= 4 is 101 Å². The molecule has 10 rings (SSSR count). The molecule has 0 unspecified atom stereocenters. The van der Waals surface area contributed by atoms with Gasteiger partial charge in [0, 0.05) is 34.0 Å². The third-order valence-corrected chi connectivity index (χ3v) is 19.3. The van der Waals surface area contributed by atoms with E-state index in [4.69, 9.17) is 9.47 Å². The van der Waals surface area contributed by atoms with Crippen molar-refractivity contribution in [1.29, 1.82) is 21.0 Å². The lowest BCUT2D eigenvalue weighted by Gasteiger charge is -2.41. The van der Waals surface area contributed by atoms with Crippen molar-refractivity contribution in [3.63, 3.8) is 0 Å². The largest absolute Gasteiger partial charge is 0.479 e. The first-order chi connectivity index (χ1) is 29.2. The monoisotopic (exact) mass is 902 g/mol. The van der Waals surface area contributed by atoms with Crippen LogP contribution >= 0.6 is 68.0 Å². The summed E-state index contributed by atoms with van der Waals surface area (Å²) in [6.07, 6.45) is 13.9. The Balaban J connectivity index is 1.15. The normalized spacial score (nSPS) is 17.4. The zero-order chi connectivity index (χ0) is 41.5. The van der Waals surface area contributed by atoms with E-state index in [1.54, 1.807) is 45.3 Å². The fraction of sp³-hybridized carbons (Fsp3) is 0.364. The summed E-state index contributed by atoms with van der Waals surface area (Å²) in [6.45, 7) is 4.41. The second-order valence-electron chi connectivity index (χ2n) is 15.4. The second kappa shape index (κ2) is 14.8. The van der Waals surface area contributed by atoms with E-state index in [0.29, 0.717) is 31.5 Å². The average Bonchev–Trinajstić information content (AvgIpc) is 4.12.